The van der Waals surface area contributed by atoms with Gasteiger partial charge in [-0.25, -0.2) is 4.79 Å². The maximum absolute atomic E-state index is 11.6. The first-order chi connectivity index (χ1) is 7.34. The van der Waals surface area contributed by atoms with Crippen LogP contribution in [-0.4, -0.2) is 33.8 Å². The highest BCUT2D eigenvalue weighted by Gasteiger charge is 2.38. The number of carbonyl (C=O) groups is 3. The molecule has 0 spiro atoms. The molecular formula is C11H15NO4. The fourth-order valence-corrected chi connectivity index (χ4v) is 1.66. The summed E-state index contributed by atoms with van der Waals surface area (Å²) in [6, 6.07) is -1.06. The number of rotatable bonds is 4. The highest BCUT2D eigenvalue weighted by molar-refractivity contribution is 6.17. The quantitative estimate of drug-likeness (QED) is 0.718. The lowest BCUT2D eigenvalue weighted by Gasteiger charge is -2.24. The number of carbonyl (C=O) groups excluding carboxylic acids is 2. The minimum Gasteiger partial charge on any atom is -0.480 e. The summed E-state index contributed by atoms with van der Waals surface area (Å²) in [5.74, 6) is -2.07. The predicted octanol–water partition coefficient (Wildman–Crippen LogP) is 0.801. The maximum atomic E-state index is 11.6. The Morgan fingerprint density at radius 1 is 1.44 bits per heavy atom. The van der Waals surface area contributed by atoms with Crippen LogP contribution in [0.25, 0.3) is 0 Å². The van der Waals surface area contributed by atoms with Crippen LogP contribution < -0.4 is 0 Å². The molecule has 0 bridgehead atoms. The number of carboxylic acids is 1. The van der Waals surface area contributed by atoms with Gasteiger partial charge in [0.15, 0.2) is 0 Å². The summed E-state index contributed by atoms with van der Waals surface area (Å²) in [4.78, 5) is 35.0. The molecule has 1 N–H and O–H groups in total. The van der Waals surface area contributed by atoms with Gasteiger partial charge in [-0.2, -0.15) is 0 Å². The third-order valence-electron chi connectivity index (χ3n) is 2.42. The van der Waals surface area contributed by atoms with E-state index in [2.05, 4.69) is 0 Å². The second kappa shape index (κ2) is 4.47. The molecule has 1 aliphatic rings. The smallest absolute Gasteiger partial charge is 0.326 e. The van der Waals surface area contributed by atoms with Crippen molar-refractivity contribution in [1.82, 2.24) is 4.90 Å². The summed E-state index contributed by atoms with van der Waals surface area (Å²) < 4.78 is 0. The van der Waals surface area contributed by atoms with Crippen LogP contribution in [0.2, 0.25) is 0 Å². The van der Waals surface area contributed by atoms with E-state index in [9.17, 15) is 14.4 Å². The van der Waals surface area contributed by atoms with E-state index < -0.39 is 23.8 Å². The van der Waals surface area contributed by atoms with Crippen LogP contribution in [-0.2, 0) is 14.4 Å². The van der Waals surface area contributed by atoms with Crippen molar-refractivity contribution in [2.75, 3.05) is 0 Å². The lowest BCUT2D eigenvalue weighted by Crippen LogP contribution is -2.46. The molecule has 0 aliphatic carbocycles. The fraction of sp³-hybridized carbons (Fsp3) is 0.545. The van der Waals surface area contributed by atoms with Crippen LogP contribution in [0.4, 0.5) is 0 Å². The van der Waals surface area contributed by atoms with Crippen molar-refractivity contribution in [2.24, 2.45) is 5.92 Å². The Bertz CT molecular complexity index is 370. The number of hydrogen-bond donors (Lipinski definition) is 1. The summed E-state index contributed by atoms with van der Waals surface area (Å²) >= 11 is 0. The van der Waals surface area contributed by atoms with Crippen molar-refractivity contribution < 1.29 is 19.5 Å². The summed E-state index contributed by atoms with van der Waals surface area (Å²) in [7, 11) is 0. The van der Waals surface area contributed by atoms with E-state index in [1.807, 2.05) is 13.8 Å². The third-order valence-corrected chi connectivity index (χ3v) is 2.42. The Morgan fingerprint density at radius 2 is 2.00 bits per heavy atom. The summed E-state index contributed by atoms with van der Waals surface area (Å²) in [5, 5.41) is 9.04. The number of imide groups is 1. The number of amides is 2. The van der Waals surface area contributed by atoms with Crippen molar-refractivity contribution in [3.05, 3.63) is 11.6 Å². The van der Waals surface area contributed by atoms with Gasteiger partial charge in [-0.15, -0.1) is 0 Å². The Kier molecular flexibility index (Phi) is 3.47. The van der Waals surface area contributed by atoms with E-state index in [4.69, 9.17) is 5.11 Å². The lowest BCUT2D eigenvalue weighted by atomic mass is 10.0. The number of hydrogen-bond acceptors (Lipinski definition) is 3. The zero-order valence-corrected chi connectivity index (χ0v) is 9.56. The van der Waals surface area contributed by atoms with Crippen LogP contribution in [0.15, 0.2) is 11.6 Å². The van der Waals surface area contributed by atoms with Gasteiger partial charge >= 0.3 is 5.97 Å². The molecule has 5 nitrogen and oxygen atoms in total. The van der Waals surface area contributed by atoms with Gasteiger partial charge in [0, 0.05) is 11.6 Å². The van der Waals surface area contributed by atoms with Crippen LogP contribution in [0.5, 0.6) is 0 Å². The van der Waals surface area contributed by atoms with Crippen LogP contribution >= 0.6 is 0 Å². The maximum Gasteiger partial charge on any atom is 0.326 e. The van der Waals surface area contributed by atoms with Gasteiger partial charge in [0.25, 0.3) is 11.8 Å². The topological polar surface area (TPSA) is 74.7 Å². The molecule has 0 radical (unpaired) electrons. The van der Waals surface area contributed by atoms with E-state index in [0.29, 0.717) is 5.57 Å². The third kappa shape index (κ3) is 2.29. The average molecular weight is 225 g/mol. The molecule has 1 atom stereocenters. The standard InChI is InChI=1S/C11H15NO4/c1-6(2)4-8(11(15)16)12-9(13)5-7(3)10(12)14/h5-6,8H,4H2,1-3H3,(H,15,16). The molecule has 16 heavy (non-hydrogen) atoms. The number of aliphatic carboxylic acids is 1. The molecule has 0 fully saturated rings. The Labute approximate surface area is 93.7 Å². The van der Waals surface area contributed by atoms with Gasteiger partial charge in [-0.3, -0.25) is 14.5 Å². The van der Waals surface area contributed by atoms with Gasteiger partial charge in [0.05, 0.1) is 0 Å². The fourth-order valence-electron chi connectivity index (χ4n) is 1.66. The molecule has 1 rings (SSSR count). The second-order valence-electron chi connectivity index (χ2n) is 4.32. The highest BCUT2D eigenvalue weighted by Crippen LogP contribution is 2.20. The Balaban J connectivity index is 2.93. The van der Waals surface area contributed by atoms with E-state index in [0.717, 1.165) is 4.90 Å². The second-order valence-corrected chi connectivity index (χ2v) is 4.32. The molecule has 1 unspecified atom stereocenters. The van der Waals surface area contributed by atoms with Crippen molar-refractivity contribution in [3.8, 4) is 0 Å². The van der Waals surface area contributed by atoms with Gasteiger partial charge in [0.1, 0.15) is 6.04 Å². The molecule has 88 valence electrons. The zero-order valence-electron chi connectivity index (χ0n) is 9.56. The molecule has 0 saturated heterocycles. The van der Waals surface area contributed by atoms with Crippen molar-refractivity contribution in [1.29, 1.82) is 0 Å². The first-order valence-electron chi connectivity index (χ1n) is 5.13. The first kappa shape index (κ1) is 12.4. The largest absolute Gasteiger partial charge is 0.480 e. The Morgan fingerprint density at radius 3 is 2.31 bits per heavy atom. The van der Waals surface area contributed by atoms with Gasteiger partial charge in [-0.05, 0) is 19.3 Å². The van der Waals surface area contributed by atoms with E-state index in [1.165, 1.54) is 13.0 Å². The lowest BCUT2D eigenvalue weighted by molar-refractivity contribution is -0.154. The Hall–Kier alpha value is -1.65. The minimum absolute atomic E-state index is 0.0996. The molecule has 1 aliphatic heterocycles. The van der Waals surface area contributed by atoms with Crippen molar-refractivity contribution in [2.45, 2.75) is 33.2 Å². The number of nitrogens with zero attached hydrogens (tertiary/aromatic N) is 1. The summed E-state index contributed by atoms with van der Waals surface area (Å²) in [6.45, 7) is 5.21. The number of carboxylic acid groups (broad SMARTS) is 1. The molecule has 1 heterocycles. The zero-order chi connectivity index (χ0) is 12.5. The van der Waals surface area contributed by atoms with E-state index in [-0.39, 0.29) is 12.3 Å². The van der Waals surface area contributed by atoms with Gasteiger partial charge < -0.3 is 5.11 Å². The van der Waals surface area contributed by atoms with Crippen molar-refractivity contribution in [3.63, 3.8) is 0 Å². The molecule has 0 aromatic rings. The highest BCUT2D eigenvalue weighted by atomic mass is 16.4. The van der Waals surface area contributed by atoms with Crippen LogP contribution in [0, 0.1) is 5.92 Å². The molecule has 0 aromatic carbocycles. The van der Waals surface area contributed by atoms with E-state index in [1.54, 1.807) is 0 Å². The van der Waals surface area contributed by atoms with Crippen LogP contribution in [0.1, 0.15) is 27.2 Å². The van der Waals surface area contributed by atoms with E-state index >= 15 is 0 Å². The summed E-state index contributed by atoms with van der Waals surface area (Å²) in [5.41, 5.74) is 0.292. The van der Waals surface area contributed by atoms with Crippen molar-refractivity contribution >= 4 is 17.8 Å². The SMILES string of the molecule is CC1=CC(=O)N(C(CC(C)C)C(=O)O)C1=O. The normalized spacial score (nSPS) is 18.0. The molecule has 0 aromatic heterocycles. The van der Waals surface area contributed by atoms with Gasteiger partial charge in [-0.1, -0.05) is 13.8 Å². The molecule has 2 amide bonds. The summed E-state index contributed by atoms with van der Waals surface area (Å²) in [6.07, 6.45) is 1.45. The molecular weight excluding hydrogens is 210 g/mol. The monoisotopic (exact) mass is 225 g/mol. The van der Waals surface area contributed by atoms with Crippen LogP contribution in [0.3, 0.4) is 0 Å². The molecule has 0 saturated carbocycles. The van der Waals surface area contributed by atoms with Gasteiger partial charge in [0.2, 0.25) is 0 Å². The first-order valence-corrected chi connectivity index (χ1v) is 5.13. The predicted molar refractivity (Wildman–Crippen MR) is 56.5 cm³/mol. The average Bonchev–Trinajstić information content (AvgIpc) is 2.38. The minimum atomic E-state index is -1.14. The molecule has 5 heteroatoms.